The van der Waals surface area contributed by atoms with Crippen molar-refractivity contribution in [3.8, 4) is 0 Å². The van der Waals surface area contributed by atoms with Crippen molar-refractivity contribution < 1.29 is 5.11 Å². The molecule has 0 bridgehead atoms. The van der Waals surface area contributed by atoms with Crippen molar-refractivity contribution in [3.05, 3.63) is 44.6 Å². The maximum absolute atomic E-state index is 11.2. The van der Waals surface area contributed by atoms with Crippen molar-refractivity contribution >= 4 is 17.2 Å². The molecule has 90 valence electrons. The minimum absolute atomic E-state index is 0.204. The van der Waals surface area contributed by atoms with Crippen LogP contribution in [0.3, 0.4) is 0 Å². The molecule has 0 aliphatic carbocycles. The molecule has 2 rings (SSSR count). The van der Waals surface area contributed by atoms with Gasteiger partial charge in [0, 0.05) is 12.6 Å². The van der Waals surface area contributed by atoms with Gasteiger partial charge >= 0.3 is 0 Å². The fourth-order valence-corrected chi connectivity index (χ4v) is 2.16. The van der Waals surface area contributed by atoms with Crippen LogP contribution < -0.4 is 10.9 Å². The van der Waals surface area contributed by atoms with Crippen LogP contribution in [-0.4, -0.2) is 21.6 Å². The summed E-state index contributed by atoms with van der Waals surface area (Å²) in [6.07, 6.45) is -0.595. The summed E-state index contributed by atoms with van der Waals surface area (Å²) in [5.74, 6) is 1.02. The van der Waals surface area contributed by atoms with Crippen LogP contribution in [0.2, 0.25) is 0 Å². The smallest absolute Gasteiger partial charge is 0.252 e. The topological polar surface area (TPSA) is 78.0 Å². The first kappa shape index (κ1) is 11.8. The number of hydrogen-bond acceptors (Lipinski definition) is 5. The lowest BCUT2D eigenvalue weighted by Gasteiger charge is -2.10. The molecule has 0 fully saturated rings. The van der Waals surface area contributed by atoms with E-state index in [1.807, 2.05) is 16.8 Å². The minimum atomic E-state index is -0.595. The van der Waals surface area contributed by atoms with Gasteiger partial charge < -0.3 is 15.4 Å². The van der Waals surface area contributed by atoms with E-state index >= 15 is 0 Å². The summed E-state index contributed by atoms with van der Waals surface area (Å²) < 4.78 is 0. The van der Waals surface area contributed by atoms with Gasteiger partial charge in [0.25, 0.3) is 5.56 Å². The van der Waals surface area contributed by atoms with E-state index in [2.05, 4.69) is 15.3 Å². The van der Waals surface area contributed by atoms with E-state index in [4.69, 9.17) is 0 Å². The number of aromatic nitrogens is 2. The van der Waals surface area contributed by atoms with Crippen molar-refractivity contribution in [1.29, 1.82) is 0 Å². The SMILES string of the molecule is Cc1nc(NCC(O)c2ccsc2)cc(=O)[nH]1. The Morgan fingerprint density at radius 2 is 2.47 bits per heavy atom. The maximum Gasteiger partial charge on any atom is 0.252 e. The Hall–Kier alpha value is -1.66. The number of thiophene rings is 1. The van der Waals surface area contributed by atoms with Crippen molar-refractivity contribution in [2.45, 2.75) is 13.0 Å². The first-order valence-corrected chi connectivity index (χ1v) is 6.11. The number of anilines is 1. The zero-order chi connectivity index (χ0) is 12.3. The van der Waals surface area contributed by atoms with Crippen LogP contribution in [-0.2, 0) is 0 Å². The molecule has 0 amide bonds. The van der Waals surface area contributed by atoms with E-state index in [9.17, 15) is 9.90 Å². The number of H-pyrrole nitrogens is 1. The number of aromatic amines is 1. The Morgan fingerprint density at radius 1 is 1.65 bits per heavy atom. The highest BCUT2D eigenvalue weighted by atomic mass is 32.1. The molecule has 17 heavy (non-hydrogen) atoms. The average Bonchev–Trinajstić information content (AvgIpc) is 2.78. The number of aliphatic hydroxyl groups excluding tert-OH is 1. The standard InChI is InChI=1S/C11H13N3O2S/c1-7-13-10(4-11(16)14-7)12-5-9(15)8-2-3-17-6-8/h2-4,6,9,15H,5H2,1H3,(H2,12,13,14,16). The van der Waals surface area contributed by atoms with Crippen molar-refractivity contribution in [1.82, 2.24) is 9.97 Å². The van der Waals surface area contributed by atoms with Crippen LogP contribution in [0.5, 0.6) is 0 Å². The van der Waals surface area contributed by atoms with Gasteiger partial charge in [0.1, 0.15) is 11.6 Å². The largest absolute Gasteiger partial charge is 0.387 e. The van der Waals surface area contributed by atoms with Crippen LogP contribution >= 0.6 is 11.3 Å². The monoisotopic (exact) mass is 251 g/mol. The lowest BCUT2D eigenvalue weighted by molar-refractivity contribution is 0.192. The summed E-state index contributed by atoms with van der Waals surface area (Å²) >= 11 is 1.54. The third-order valence-corrected chi connectivity index (χ3v) is 2.97. The molecule has 2 aromatic heterocycles. The zero-order valence-electron chi connectivity index (χ0n) is 9.30. The van der Waals surface area contributed by atoms with Gasteiger partial charge in [-0.05, 0) is 29.3 Å². The van der Waals surface area contributed by atoms with E-state index in [-0.39, 0.29) is 5.56 Å². The third-order valence-electron chi connectivity index (χ3n) is 2.26. The molecule has 0 saturated carbocycles. The van der Waals surface area contributed by atoms with E-state index < -0.39 is 6.10 Å². The highest BCUT2D eigenvalue weighted by molar-refractivity contribution is 7.07. The number of rotatable bonds is 4. The molecule has 0 saturated heterocycles. The summed E-state index contributed by atoms with van der Waals surface area (Å²) in [4.78, 5) is 17.9. The number of hydrogen-bond donors (Lipinski definition) is 3. The van der Waals surface area contributed by atoms with Gasteiger partial charge in [-0.1, -0.05) is 0 Å². The molecule has 5 nitrogen and oxygen atoms in total. The summed E-state index contributed by atoms with van der Waals surface area (Å²) in [5.41, 5.74) is 0.661. The second kappa shape index (κ2) is 5.11. The van der Waals surface area contributed by atoms with Crippen LogP contribution in [0.4, 0.5) is 5.82 Å². The lowest BCUT2D eigenvalue weighted by atomic mass is 10.2. The molecule has 3 N–H and O–H groups in total. The second-order valence-corrected chi connectivity index (χ2v) is 4.45. The molecular weight excluding hydrogens is 238 g/mol. The summed E-state index contributed by atoms with van der Waals surface area (Å²) in [5, 5.41) is 16.6. The highest BCUT2D eigenvalue weighted by Crippen LogP contribution is 2.16. The summed E-state index contributed by atoms with van der Waals surface area (Å²) in [7, 11) is 0. The number of nitrogens with zero attached hydrogens (tertiary/aromatic N) is 1. The summed E-state index contributed by atoms with van der Waals surface area (Å²) in [6, 6.07) is 3.24. The van der Waals surface area contributed by atoms with E-state index in [0.717, 1.165) is 5.56 Å². The number of aryl methyl sites for hydroxylation is 1. The number of aliphatic hydroxyl groups is 1. The first-order valence-electron chi connectivity index (χ1n) is 5.17. The van der Waals surface area contributed by atoms with Gasteiger partial charge in [0.05, 0.1) is 6.10 Å². The fraction of sp³-hybridized carbons (Fsp3) is 0.273. The Balaban J connectivity index is 2.00. The van der Waals surface area contributed by atoms with Gasteiger partial charge in [0.15, 0.2) is 0 Å². The molecule has 0 aromatic carbocycles. The minimum Gasteiger partial charge on any atom is -0.387 e. The molecule has 0 aliphatic rings. The molecule has 2 aromatic rings. The van der Waals surface area contributed by atoms with E-state index in [1.165, 1.54) is 17.4 Å². The number of nitrogens with one attached hydrogen (secondary N) is 2. The predicted molar refractivity (Wildman–Crippen MR) is 67.4 cm³/mol. The molecule has 2 heterocycles. The molecule has 0 radical (unpaired) electrons. The Labute approximate surface area is 102 Å². The fourth-order valence-electron chi connectivity index (χ4n) is 1.45. The third kappa shape index (κ3) is 3.15. The molecule has 1 unspecified atom stereocenters. The first-order chi connectivity index (χ1) is 8.15. The zero-order valence-corrected chi connectivity index (χ0v) is 10.1. The lowest BCUT2D eigenvalue weighted by Crippen LogP contribution is -2.16. The quantitative estimate of drug-likeness (QED) is 0.765. The van der Waals surface area contributed by atoms with Crippen LogP contribution in [0.15, 0.2) is 27.7 Å². The Kier molecular flexibility index (Phi) is 3.55. The van der Waals surface area contributed by atoms with Gasteiger partial charge in [-0.15, -0.1) is 0 Å². The van der Waals surface area contributed by atoms with Gasteiger partial charge in [-0.25, -0.2) is 4.98 Å². The average molecular weight is 251 g/mol. The van der Waals surface area contributed by atoms with Gasteiger partial charge in [-0.2, -0.15) is 11.3 Å². The van der Waals surface area contributed by atoms with E-state index in [1.54, 1.807) is 6.92 Å². The molecule has 0 aliphatic heterocycles. The maximum atomic E-state index is 11.2. The van der Waals surface area contributed by atoms with Crippen molar-refractivity contribution in [3.63, 3.8) is 0 Å². The summed E-state index contributed by atoms with van der Waals surface area (Å²) in [6.45, 7) is 2.04. The Bertz CT molecular complexity index is 536. The van der Waals surface area contributed by atoms with Crippen LogP contribution in [0, 0.1) is 6.92 Å². The van der Waals surface area contributed by atoms with Crippen LogP contribution in [0.25, 0.3) is 0 Å². The molecular formula is C11H13N3O2S. The highest BCUT2D eigenvalue weighted by Gasteiger charge is 2.08. The Morgan fingerprint density at radius 3 is 3.12 bits per heavy atom. The van der Waals surface area contributed by atoms with Crippen LogP contribution in [0.1, 0.15) is 17.5 Å². The normalized spacial score (nSPS) is 12.4. The second-order valence-electron chi connectivity index (χ2n) is 3.67. The van der Waals surface area contributed by atoms with Crippen molar-refractivity contribution in [2.24, 2.45) is 0 Å². The molecule has 6 heteroatoms. The van der Waals surface area contributed by atoms with Gasteiger partial charge in [0.2, 0.25) is 0 Å². The molecule has 0 spiro atoms. The predicted octanol–water partition coefficient (Wildman–Crippen LogP) is 1.29. The molecule has 1 atom stereocenters. The van der Waals surface area contributed by atoms with E-state index in [0.29, 0.717) is 18.2 Å². The van der Waals surface area contributed by atoms with Gasteiger partial charge in [-0.3, -0.25) is 4.79 Å². The van der Waals surface area contributed by atoms with Crippen molar-refractivity contribution in [2.75, 3.05) is 11.9 Å².